The van der Waals surface area contributed by atoms with E-state index in [1.54, 1.807) is 0 Å². The zero-order valence-corrected chi connectivity index (χ0v) is 12.8. The highest BCUT2D eigenvalue weighted by Gasteiger charge is 2.29. The Labute approximate surface area is 121 Å². The summed E-state index contributed by atoms with van der Waals surface area (Å²) in [7, 11) is 3.99. The first-order valence-electron chi connectivity index (χ1n) is 7.37. The number of amides is 2. The Morgan fingerprint density at radius 1 is 1.45 bits per heavy atom. The second-order valence-electron chi connectivity index (χ2n) is 5.76. The number of nitrogens with one attached hydrogen (secondary N) is 1. The van der Waals surface area contributed by atoms with Gasteiger partial charge in [0.2, 0.25) is 0 Å². The Balaban J connectivity index is 2.46. The van der Waals surface area contributed by atoms with Crippen LogP contribution < -0.4 is 5.32 Å². The summed E-state index contributed by atoms with van der Waals surface area (Å²) in [6.07, 6.45) is 3.43. The van der Waals surface area contributed by atoms with Gasteiger partial charge in [-0.2, -0.15) is 0 Å². The third-order valence-corrected chi connectivity index (χ3v) is 3.70. The zero-order valence-electron chi connectivity index (χ0n) is 12.8. The average molecular weight is 285 g/mol. The second kappa shape index (κ2) is 8.09. The van der Waals surface area contributed by atoms with Crippen LogP contribution in [0.4, 0.5) is 4.79 Å². The van der Waals surface area contributed by atoms with Crippen molar-refractivity contribution in [3.63, 3.8) is 0 Å². The molecule has 6 heteroatoms. The minimum absolute atomic E-state index is 0.128. The summed E-state index contributed by atoms with van der Waals surface area (Å²) in [6, 6.07) is 0.108. The van der Waals surface area contributed by atoms with E-state index in [0.717, 1.165) is 32.4 Å². The van der Waals surface area contributed by atoms with Crippen LogP contribution in [-0.2, 0) is 4.79 Å². The van der Waals surface area contributed by atoms with Crippen LogP contribution in [-0.4, -0.2) is 66.7 Å². The number of aliphatic carboxylic acids is 1. The van der Waals surface area contributed by atoms with Gasteiger partial charge < -0.3 is 20.2 Å². The summed E-state index contributed by atoms with van der Waals surface area (Å²) >= 11 is 0. The standard InChI is InChI=1S/C14H27N3O3/c1-4-6-11(13(18)19)9-15-14(20)17-8-5-7-12(17)10-16(2)3/h11-12H,4-10H2,1-3H3,(H,15,20)(H,18,19). The highest BCUT2D eigenvalue weighted by Crippen LogP contribution is 2.17. The normalized spacial score (nSPS) is 20.2. The van der Waals surface area contributed by atoms with Crippen molar-refractivity contribution < 1.29 is 14.7 Å². The Kier molecular flexibility index (Phi) is 6.78. The van der Waals surface area contributed by atoms with Gasteiger partial charge in [-0.15, -0.1) is 0 Å². The molecule has 0 bridgehead atoms. The molecule has 1 aliphatic rings. The molecule has 1 rings (SSSR count). The van der Waals surface area contributed by atoms with Gasteiger partial charge in [0.1, 0.15) is 0 Å². The SMILES string of the molecule is CCCC(CNC(=O)N1CCCC1CN(C)C)C(=O)O. The molecule has 20 heavy (non-hydrogen) atoms. The number of carbonyl (C=O) groups is 2. The van der Waals surface area contributed by atoms with E-state index >= 15 is 0 Å². The van der Waals surface area contributed by atoms with Crippen LogP contribution >= 0.6 is 0 Å². The molecule has 0 aromatic carbocycles. The van der Waals surface area contributed by atoms with E-state index in [0.29, 0.717) is 6.42 Å². The number of hydrogen-bond acceptors (Lipinski definition) is 3. The Morgan fingerprint density at radius 2 is 2.15 bits per heavy atom. The number of carboxylic acid groups (broad SMARTS) is 1. The predicted octanol–water partition coefficient (Wildman–Crippen LogP) is 1.22. The van der Waals surface area contributed by atoms with Gasteiger partial charge in [0.15, 0.2) is 0 Å². The fourth-order valence-corrected chi connectivity index (χ4v) is 2.69. The summed E-state index contributed by atoms with van der Waals surface area (Å²) in [6.45, 7) is 3.78. The van der Waals surface area contributed by atoms with Crippen LogP contribution in [0.15, 0.2) is 0 Å². The minimum atomic E-state index is -0.835. The fraction of sp³-hybridized carbons (Fsp3) is 0.857. The number of likely N-dealkylation sites (tertiary alicyclic amines) is 1. The average Bonchev–Trinajstić information content (AvgIpc) is 2.80. The van der Waals surface area contributed by atoms with Gasteiger partial charge in [-0.3, -0.25) is 4.79 Å². The van der Waals surface area contributed by atoms with Crippen LogP contribution in [0.1, 0.15) is 32.6 Å². The highest BCUT2D eigenvalue weighted by molar-refractivity contribution is 5.76. The molecule has 1 fully saturated rings. The molecular weight excluding hydrogens is 258 g/mol. The molecule has 0 aromatic rings. The lowest BCUT2D eigenvalue weighted by Gasteiger charge is -2.27. The molecular formula is C14H27N3O3. The number of rotatable bonds is 7. The zero-order chi connectivity index (χ0) is 15.1. The van der Waals surface area contributed by atoms with Gasteiger partial charge >= 0.3 is 12.0 Å². The molecule has 0 spiro atoms. The number of hydrogen-bond donors (Lipinski definition) is 2. The topological polar surface area (TPSA) is 72.9 Å². The maximum Gasteiger partial charge on any atom is 0.317 e. The molecule has 1 heterocycles. The Morgan fingerprint density at radius 3 is 2.70 bits per heavy atom. The monoisotopic (exact) mass is 285 g/mol. The van der Waals surface area contributed by atoms with Gasteiger partial charge in [0, 0.05) is 25.7 Å². The van der Waals surface area contributed by atoms with E-state index < -0.39 is 11.9 Å². The summed E-state index contributed by atoms with van der Waals surface area (Å²) in [5, 5.41) is 11.9. The fourth-order valence-electron chi connectivity index (χ4n) is 2.69. The lowest BCUT2D eigenvalue weighted by Crippen LogP contribution is -2.47. The third kappa shape index (κ3) is 5.00. The Hall–Kier alpha value is -1.30. The van der Waals surface area contributed by atoms with Crippen LogP contribution in [0.5, 0.6) is 0 Å². The molecule has 2 atom stereocenters. The van der Waals surface area contributed by atoms with Gasteiger partial charge in [-0.1, -0.05) is 13.3 Å². The quantitative estimate of drug-likeness (QED) is 0.738. The summed E-state index contributed by atoms with van der Waals surface area (Å²) < 4.78 is 0. The number of urea groups is 1. The van der Waals surface area contributed by atoms with E-state index in [-0.39, 0.29) is 18.6 Å². The number of carbonyl (C=O) groups excluding carboxylic acids is 1. The first-order chi connectivity index (χ1) is 9.45. The summed E-state index contributed by atoms with van der Waals surface area (Å²) in [4.78, 5) is 27.1. The Bertz CT molecular complexity index is 334. The van der Waals surface area contributed by atoms with Crippen molar-refractivity contribution in [2.75, 3.05) is 33.7 Å². The van der Waals surface area contributed by atoms with Gasteiger partial charge in [-0.05, 0) is 33.4 Å². The van der Waals surface area contributed by atoms with E-state index in [1.165, 1.54) is 0 Å². The maximum absolute atomic E-state index is 12.2. The molecule has 116 valence electrons. The van der Waals surface area contributed by atoms with Gasteiger partial charge in [0.25, 0.3) is 0 Å². The van der Waals surface area contributed by atoms with E-state index in [1.807, 2.05) is 25.9 Å². The summed E-state index contributed by atoms with van der Waals surface area (Å²) in [5.74, 6) is -1.32. The highest BCUT2D eigenvalue weighted by atomic mass is 16.4. The molecule has 2 N–H and O–H groups in total. The molecule has 0 radical (unpaired) electrons. The number of nitrogens with zero attached hydrogens (tertiary/aromatic N) is 2. The molecule has 0 aliphatic carbocycles. The van der Waals surface area contributed by atoms with Crippen molar-refractivity contribution in [2.45, 2.75) is 38.6 Å². The predicted molar refractivity (Wildman–Crippen MR) is 77.7 cm³/mol. The molecule has 1 aliphatic heterocycles. The van der Waals surface area contributed by atoms with Crippen LogP contribution in [0.3, 0.4) is 0 Å². The second-order valence-corrected chi connectivity index (χ2v) is 5.76. The van der Waals surface area contributed by atoms with Crippen LogP contribution in [0.2, 0.25) is 0 Å². The van der Waals surface area contributed by atoms with Crippen LogP contribution in [0.25, 0.3) is 0 Å². The van der Waals surface area contributed by atoms with Crippen LogP contribution in [0, 0.1) is 5.92 Å². The van der Waals surface area contributed by atoms with Gasteiger partial charge in [0.05, 0.1) is 5.92 Å². The van der Waals surface area contributed by atoms with E-state index in [2.05, 4.69) is 10.2 Å². The molecule has 1 saturated heterocycles. The van der Waals surface area contributed by atoms with Crippen molar-refractivity contribution >= 4 is 12.0 Å². The molecule has 6 nitrogen and oxygen atoms in total. The number of carboxylic acids is 1. The van der Waals surface area contributed by atoms with Crippen molar-refractivity contribution in [3.8, 4) is 0 Å². The molecule has 0 aromatic heterocycles. The van der Waals surface area contributed by atoms with Crippen molar-refractivity contribution in [2.24, 2.45) is 5.92 Å². The van der Waals surface area contributed by atoms with Gasteiger partial charge in [-0.25, -0.2) is 4.79 Å². The lowest BCUT2D eigenvalue weighted by molar-refractivity contribution is -0.141. The summed E-state index contributed by atoms with van der Waals surface area (Å²) in [5.41, 5.74) is 0. The first kappa shape index (κ1) is 16.8. The molecule has 2 amide bonds. The molecule has 2 unspecified atom stereocenters. The van der Waals surface area contributed by atoms with E-state index in [9.17, 15) is 9.59 Å². The van der Waals surface area contributed by atoms with E-state index in [4.69, 9.17) is 5.11 Å². The molecule has 0 saturated carbocycles. The lowest BCUT2D eigenvalue weighted by atomic mass is 10.0. The largest absolute Gasteiger partial charge is 0.481 e. The van der Waals surface area contributed by atoms with Crippen molar-refractivity contribution in [3.05, 3.63) is 0 Å². The van der Waals surface area contributed by atoms with Crippen molar-refractivity contribution in [1.29, 1.82) is 0 Å². The maximum atomic E-state index is 12.2. The third-order valence-electron chi connectivity index (χ3n) is 3.70. The smallest absolute Gasteiger partial charge is 0.317 e. The van der Waals surface area contributed by atoms with Crippen molar-refractivity contribution in [1.82, 2.24) is 15.1 Å². The first-order valence-corrected chi connectivity index (χ1v) is 7.37. The number of likely N-dealkylation sites (N-methyl/N-ethyl adjacent to an activating group) is 1. The minimum Gasteiger partial charge on any atom is -0.481 e.